The Labute approximate surface area is 181 Å². The molecule has 1 atom stereocenters. The van der Waals surface area contributed by atoms with Crippen LogP contribution in [-0.4, -0.2) is 36.8 Å². The van der Waals surface area contributed by atoms with E-state index in [0.717, 1.165) is 9.99 Å². The maximum absolute atomic E-state index is 13.2. The summed E-state index contributed by atoms with van der Waals surface area (Å²) in [6.45, 7) is 2.28. The number of benzene rings is 2. The number of hydrogen-bond donors (Lipinski definition) is 0. The van der Waals surface area contributed by atoms with Crippen LogP contribution in [0.5, 0.6) is 0 Å². The van der Waals surface area contributed by atoms with Gasteiger partial charge in [0.05, 0.1) is 18.1 Å². The van der Waals surface area contributed by atoms with E-state index in [1.54, 1.807) is 29.2 Å². The smallest absolute Gasteiger partial charge is 0.254 e. The maximum Gasteiger partial charge on any atom is 0.254 e. The van der Waals surface area contributed by atoms with Crippen LogP contribution in [-0.2, 0) is 16.4 Å². The van der Waals surface area contributed by atoms with E-state index in [1.165, 1.54) is 17.3 Å². The van der Waals surface area contributed by atoms with Crippen molar-refractivity contribution in [1.82, 2.24) is 4.90 Å². The first-order valence-corrected chi connectivity index (χ1v) is 12.4. The summed E-state index contributed by atoms with van der Waals surface area (Å²) in [6, 6.07) is 20.5. The highest BCUT2D eigenvalue weighted by atomic mass is 32.2. The summed E-state index contributed by atoms with van der Waals surface area (Å²) in [5, 5.41) is 0.736. The van der Waals surface area contributed by atoms with Crippen LogP contribution >= 0.6 is 11.8 Å². The molecule has 0 unspecified atom stereocenters. The Balaban J connectivity index is 1.54. The van der Waals surface area contributed by atoms with Gasteiger partial charge in [-0.2, -0.15) is 0 Å². The fourth-order valence-electron chi connectivity index (χ4n) is 3.52. The Morgan fingerprint density at radius 1 is 1.07 bits per heavy atom. The van der Waals surface area contributed by atoms with Crippen molar-refractivity contribution in [2.24, 2.45) is 0 Å². The molecule has 0 saturated carbocycles. The minimum atomic E-state index is -3.12. The highest BCUT2D eigenvalue weighted by molar-refractivity contribution is 7.99. The van der Waals surface area contributed by atoms with Crippen LogP contribution in [0.25, 0.3) is 0 Å². The monoisotopic (exact) mass is 441 g/mol. The lowest BCUT2D eigenvalue weighted by Crippen LogP contribution is -2.40. The van der Waals surface area contributed by atoms with Crippen LogP contribution in [0.3, 0.4) is 0 Å². The second kappa shape index (κ2) is 8.70. The molecule has 1 fully saturated rings. The molecule has 2 heterocycles. The van der Waals surface area contributed by atoms with E-state index in [0.29, 0.717) is 17.7 Å². The molecule has 1 aromatic heterocycles. The predicted octanol–water partition coefficient (Wildman–Crippen LogP) is 4.57. The van der Waals surface area contributed by atoms with Crippen LogP contribution in [0.2, 0.25) is 0 Å². The topological polar surface area (TPSA) is 67.6 Å². The molecule has 1 aliphatic heterocycles. The molecule has 30 heavy (non-hydrogen) atoms. The minimum Gasteiger partial charge on any atom is -0.453 e. The SMILES string of the molecule is Cc1ccc(Sc2ccc(CN(C(=O)c3ccccc3)[C@@H]3CCS(=O)(=O)C3)o2)cc1. The Hall–Kier alpha value is -2.51. The Kier molecular flexibility index (Phi) is 6.01. The van der Waals surface area contributed by atoms with Crippen molar-refractivity contribution in [3.05, 3.63) is 83.6 Å². The normalized spacial score (nSPS) is 17.7. The van der Waals surface area contributed by atoms with Crippen molar-refractivity contribution in [3.8, 4) is 0 Å². The molecule has 1 amide bonds. The Morgan fingerprint density at radius 2 is 1.80 bits per heavy atom. The van der Waals surface area contributed by atoms with Gasteiger partial charge >= 0.3 is 0 Å². The fraction of sp³-hybridized carbons (Fsp3) is 0.261. The van der Waals surface area contributed by atoms with E-state index in [-0.39, 0.29) is 30.0 Å². The van der Waals surface area contributed by atoms with Gasteiger partial charge in [0.1, 0.15) is 5.76 Å². The standard InChI is InChI=1S/C23H23NO4S2/c1-17-7-10-21(11-8-17)29-22-12-9-20(28-22)15-24(19-13-14-30(26,27)16-19)23(25)18-5-3-2-4-6-18/h2-12,19H,13-16H2,1H3/t19-/m1/s1. The highest BCUT2D eigenvalue weighted by Gasteiger charge is 2.35. The lowest BCUT2D eigenvalue weighted by Gasteiger charge is -2.27. The summed E-state index contributed by atoms with van der Waals surface area (Å²) in [5.74, 6) is 0.570. The summed E-state index contributed by atoms with van der Waals surface area (Å²) >= 11 is 1.52. The number of rotatable bonds is 6. The molecular formula is C23H23NO4S2. The quantitative estimate of drug-likeness (QED) is 0.561. The first-order chi connectivity index (χ1) is 14.4. The van der Waals surface area contributed by atoms with E-state index < -0.39 is 9.84 Å². The van der Waals surface area contributed by atoms with Crippen LogP contribution in [0.4, 0.5) is 0 Å². The van der Waals surface area contributed by atoms with Crippen molar-refractivity contribution < 1.29 is 17.6 Å². The minimum absolute atomic E-state index is 0.00272. The largest absolute Gasteiger partial charge is 0.453 e. The molecule has 156 valence electrons. The highest BCUT2D eigenvalue weighted by Crippen LogP contribution is 2.30. The van der Waals surface area contributed by atoms with Gasteiger partial charge in [0.25, 0.3) is 5.91 Å². The number of furan rings is 1. The van der Waals surface area contributed by atoms with Gasteiger partial charge in [-0.15, -0.1) is 0 Å². The van der Waals surface area contributed by atoms with Gasteiger partial charge in [-0.1, -0.05) is 47.7 Å². The molecule has 0 N–H and O–H groups in total. The van der Waals surface area contributed by atoms with Gasteiger partial charge < -0.3 is 9.32 Å². The van der Waals surface area contributed by atoms with Gasteiger partial charge in [-0.25, -0.2) is 8.42 Å². The van der Waals surface area contributed by atoms with Gasteiger partial charge in [-0.05, 0) is 49.7 Å². The van der Waals surface area contributed by atoms with Crippen LogP contribution in [0.15, 0.2) is 81.1 Å². The third kappa shape index (κ3) is 4.96. The second-order valence-electron chi connectivity index (χ2n) is 7.49. The molecule has 2 aromatic carbocycles. The van der Waals surface area contributed by atoms with Crippen molar-refractivity contribution in [3.63, 3.8) is 0 Å². The summed E-state index contributed by atoms with van der Waals surface area (Å²) < 4.78 is 30.0. The molecule has 1 saturated heterocycles. The molecule has 0 aliphatic carbocycles. The Bertz CT molecular complexity index is 1120. The Morgan fingerprint density at radius 3 is 2.47 bits per heavy atom. The zero-order valence-electron chi connectivity index (χ0n) is 16.7. The van der Waals surface area contributed by atoms with Crippen LogP contribution in [0, 0.1) is 6.92 Å². The van der Waals surface area contributed by atoms with Gasteiger partial charge in [0.2, 0.25) is 0 Å². The zero-order chi connectivity index (χ0) is 21.1. The molecule has 0 spiro atoms. The summed E-state index contributed by atoms with van der Waals surface area (Å²) in [5.41, 5.74) is 1.74. The van der Waals surface area contributed by atoms with Crippen molar-refractivity contribution in [1.29, 1.82) is 0 Å². The molecule has 3 aromatic rings. The van der Waals surface area contributed by atoms with Gasteiger partial charge in [-0.3, -0.25) is 4.79 Å². The molecule has 0 radical (unpaired) electrons. The van der Waals surface area contributed by atoms with Crippen molar-refractivity contribution in [2.75, 3.05) is 11.5 Å². The molecular weight excluding hydrogens is 418 g/mol. The second-order valence-corrected chi connectivity index (χ2v) is 10.8. The van der Waals surface area contributed by atoms with E-state index in [1.807, 2.05) is 49.4 Å². The summed E-state index contributed by atoms with van der Waals surface area (Å²) in [6.07, 6.45) is 0.451. The average molecular weight is 442 g/mol. The predicted molar refractivity (Wildman–Crippen MR) is 117 cm³/mol. The lowest BCUT2D eigenvalue weighted by molar-refractivity contribution is 0.0663. The number of hydrogen-bond acceptors (Lipinski definition) is 5. The fourth-order valence-corrected chi connectivity index (χ4v) is 6.04. The third-order valence-corrected chi connectivity index (χ3v) is 7.81. The number of sulfone groups is 1. The molecule has 0 bridgehead atoms. The van der Waals surface area contributed by atoms with Gasteiger partial charge in [0, 0.05) is 16.5 Å². The summed E-state index contributed by atoms with van der Waals surface area (Å²) in [4.78, 5) is 15.9. The average Bonchev–Trinajstić information content (AvgIpc) is 3.33. The number of amides is 1. The van der Waals surface area contributed by atoms with E-state index in [2.05, 4.69) is 0 Å². The molecule has 1 aliphatic rings. The zero-order valence-corrected chi connectivity index (χ0v) is 18.3. The maximum atomic E-state index is 13.2. The number of aryl methyl sites for hydroxylation is 1. The van der Waals surface area contributed by atoms with E-state index in [9.17, 15) is 13.2 Å². The van der Waals surface area contributed by atoms with E-state index >= 15 is 0 Å². The summed E-state index contributed by atoms with van der Waals surface area (Å²) in [7, 11) is -3.12. The first-order valence-electron chi connectivity index (χ1n) is 9.79. The van der Waals surface area contributed by atoms with Crippen LogP contribution in [0.1, 0.15) is 28.1 Å². The number of carbonyl (C=O) groups excluding carboxylic acids is 1. The third-order valence-electron chi connectivity index (χ3n) is 5.13. The number of nitrogens with zero attached hydrogens (tertiary/aromatic N) is 1. The van der Waals surface area contributed by atoms with Crippen molar-refractivity contribution in [2.45, 2.75) is 35.9 Å². The van der Waals surface area contributed by atoms with Crippen LogP contribution < -0.4 is 0 Å². The molecule has 4 rings (SSSR count). The lowest BCUT2D eigenvalue weighted by atomic mass is 10.1. The van der Waals surface area contributed by atoms with E-state index in [4.69, 9.17) is 4.42 Å². The van der Waals surface area contributed by atoms with Crippen molar-refractivity contribution >= 4 is 27.5 Å². The molecule has 5 nitrogen and oxygen atoms in total. The number of carbonyl (C=O) groups is 1. The molecule has 7 heteroatoms. The first kappa shape index (κ1) is 20.8. The van der Waals surface area contributed by atoms with Gasteiger partial charge in [0.15, 0.2) is 14.9 Å².